The zero-order valence-corrected chi connectivity index (χ0v) is 23.6. The monoisotopic (exact) mass is 586 g/mol. The van der Waals surface area contributed by atoms with Crippen molar-refractivity contribution in [1.29, 1.82) is 0 Å². The first kappa shape index (κ1) is 27.3. The molecular weight excluding hydrogens is 552 g/mol. The first-order chi connectivity index (χ1) is 20.5. The molecule has 0 amide bonds. The van der Waals surface area contributed by atoms with Crippen molar-refractivity contribution in [2.75, 3.05) is 0 Å². The van der Waals surface area contributed by atoms with Gasteiger partial charge in [0.25, 0.3) is 0 Å². The SMILES string of the molecule is CC12O[C@H](c3ccc(O)c(O)c3)CCC1=C(O)C=C(O)C2C1C[C@@H](c2ccc(O)c(O)c2)Oc2cc(O)cc(C3CC3)c21. The first-order valence-electron chi connectivity index (χ1n) is 14.6. The number of allylic oxidation sites excluding steroid dienone is 1. The van der Waals surface area contributed by atoms with Gasteiger partial charge < -0.3 is 45.2 Å². The molecule has 3 aromatic carbocycles. The Bertz CT molecular complexity index is 1690. The van der Waals surface area contributed by atoms with Gasteiger partial charge in [-0.05, 0) is 92.0 Å². The van der Waals surface area contributed by atoms with E-state index < -0.39 is 29.6 Å². The summed E-state index contributed by atoms with van der Waals surface area (Å²) >= 11 is 0. The predicted octanol–water partition coefficient (Wildman–Crippen LogP) is 6.89. The molecule has 4 aliphatic rings. The number of hydrogen-bond acceptors (Lipinski definition) is 9. The highest BCUT2D eigenvalue weighted by Crippen LogP contribution is 2.60. The number of ether oxygens (including phenoxy) is 2. The largest absolute Gasteiger partial charge is 0.512 e. The lowest BCUT2D eigenvalue weighted by atomic mass is 9.63. The molecule has 43 heavy (non-hydrogen) atoms. The van der Waals surface area contributed by atoms with Crippen LogP contribution in [0.1, 0.15) is 85.3 Å². The molecule has 2 aliphatic carbocycles. The number of hydrogen-bond donors (Lipinski definition) is 7. The Morgan fingerprint density at radius 2 is 1.40 bits per heavy atom. The van der Waals surface area contributed by atoms with Gasteiger partial charge in [-0.25, -0.2) is 0 Å². The zero-order chi connectivity index (χ0) is 30.2. The van der Waals surface area contributed by atoms with Gasteiger partial charge in [-0.1, -0.05) is 12.1 Å². The summed E-state index contributed by atoms with van der Waals surface area (Å²) in [5, 5.41) is 73.6. The second-order valence-corrected chi connectivity index (χ2v) is 12.3. The molecule has 1 saturated heterocycles. The van der Waals surface area contributed by atoms with Crippen molar-refractivity contribution in [1.82, 2.24) is 0 Å². The molecule has 1 saturated carbocycles. The van der Waals surface area contributed by atoms with Gasteiger partial charge in [0.15, 0.2) is 23.0 Å². The molecule has 2 fully saturated rings. The van der Waals surface area contributed by atoms with Crippen LogP contribution in [0.3, 0.4) is 0 Å². The number of fused-ring (bicyclic) bond motifs is 2. The van der Waals surface area contributed by atoms with E-state index in [4.69, 9.17) is 9.47 Å². The van der Waals surface area contributed by atoms with Crippen LogP contribution in [-0.4, -0.2) is 41.3 Å². The van der Waals surface area contributed by atoms with Crippen molar-refractivity contribution in [3.05, 3.63) is 94.0 Å². The molecule has 5 atom stereocenters. The van der Waals surface area contributed by atoms with Crippen molar-refractivity contribution in [3.63, 3.8) is 0 Å². The van der Waals surface area contributed by atoms with Gasteiger partial charge in [-0.3, -0.25) is 0 Å². The smallest absolute Gasteiger partial charge is 0.157 e. The third-order valence-corrected chi connectivity index (χ3v) is 9.58. The molecule has 7 N–H and O–H groups in total. The van der Waals surface area contributed by atoms with Crippen LogP contribution in [0, 0.1) is 5.92 Å². The minimum absolute atomic E-state index is 0.0383. The van der Waals surface area contributed by atoms with Gasteiger partial charge in [0.2, 0.25) is 0 Å². The lowest BCUT2D eigenvalue weighted by Gasteiger charge is -2.51. The van der Waals surface area contributed by atoms with E-state index in [9.17, 15) is 35.7 Å². The molecule has 3 unspecified atom stereocenters. The van der Waals surface area contributed by atoms with Gasteiger partial charge >= 0.3 is 0 Å². The summed E-state index contributed by atoms with van der Waals surface area (Å²) in [7, 11) is 0. The molecule has 2 heterocycles. The summed E-state index contributed by atoms with van der Waals surface area (Å²) in [5.74, 6) is -1.37. The van der Waals surface area contributed by atoms with E-state index in [2.05, 4.69) is 0 Å². The molecule has 9 heteroatoms. The molecule has 2 aliphatic heterocycles. The van der Waals surface area contributed by atoms with Crippen molar-refractivity contribution in [2.24, 2.45) is 5.92 Å². The molecule has 3 aromatic rings. The van der Waals surface area contributed by atoms with Crippen LogP contribution in [0.4, 0.5) is 0 Å². The summed E-state index contributed by atoms with van der Waals surface area (Å²) in [6, 6.07) is 12.4. The Balaban J connectivity index is 1.36. The van der Waals surface area contributed by atoms with E-state index >= 15 is 0 Å². The Kier molecular flexibility index (Phi) is 6.21. The van der Waals surface area contributed by atoms with Crippen molar-refractivity contribution >= 4 is 0 Å². The van der Waals surface area contributed by atoms with Gasteiger partial charge in [-0.2, -0.15) is 0 Å². The summed E-state index contributed by atoms with van der Waals surface area (Å²) in [4.78, 5) is 0. The van der Waals surface area contributed by atoms with Crippen molar-refractivity contribution < 1.29 is 45.2 Å². The van der Waals surface area contributed by atoms with E-state index in [1.165, 1.54) is 30.3 Å². The molecule has 9 nitrogen and oxygen atoms in total. The second-order valence-electron chi connectivity index (χ2n) is 12.3. The second kappa shape index (κ2) is 9.77. The minimum atomic E-state index is -1.17. The van der Waals surface area contributed by atoms with E-state index in [0.717, 1.165) is 24.0 Å². The Morgan fingerprint density at radius 3 is 2.02 bits per heavy atom. The van der Waals surface area contributed by atoms with E-state index in [-0.39, 0.29) is 46.2 Å². The van der Waals surface area contributed by atoms with Crippen LogP contribution >= 0.6 is 0 Å². The molecular formula is C34H34O9. The fraction of sp³-hybridized carbons (Fsp3) is 0.353. The van der Waals surface area contributed by atoms with E-state index in [0.29, 0.717) is 41.7 Å². The number of benzene rings is 3. The molecule has 0 aromatic heterocycles. The topological polar surface area (TPSA) is 160 Å². The number of aliphatic hydroxyl groups is 2. The van der Waals surface area contributed by atoms with Crippen LogP contribution < -0.4 is 4.74 Å². The van der Waals surface area contributed by atoms with Gasteiger partial charge in [-0.15, -0.1) is 0 Å². The minimum Gasteiger partial charge on any atom is -0.512 e. The summed E-state index contributed by atoms with van der Waals surface area (Å²) in [5.41, 5.74) is 2.61. The van der Waals surface area contributed by atoms with Crippen LogP contribution in [0.15, 0.2) is 71.7 Å². The fourth-order valence-electron chi connectivity index (χ4n) is 7.41. The van der Waals surface area contributed by atoms with Crippen LogP contribution in [0.5, 0.6) is 34.5 Å². The average molecular weight is 587 g/mol. The fourth-order valence-corrected chi connectivity index (χ4v) is 7.41. The highest BCUT2D eigenvalue weighted by molar-refractivity contribution is 5.55. The summed E-state index contributed by atoms with van der Waals surface area (Å²) in [6.07, 6.45) is 3.62. The number of aromatic hydroxyl groups is 5. The first-order valence-corrected chi connectivity index (χ1v) is 14.6. The maximum atomic E-state index is 11.6. The Hall–Kier alpha value is -4.50. The van der Waals surface area contributed by atoms with Gasteiger partial charge in [0.1, 0.15) is 34.7 Å². The van der Waals surface area contributed by atoms with E-state index in [1.54, 1.807) is 24.3 Å². The van der Waals surface area contributed by atoms with Crippen molar-refractivity contribution in [2.45, 2.75) is 68.7 Å². The highest BCUT2D eigenvalue weighted by Gasteiger charge is 2.55. The molecule has 0 radical (unpaired) electrons. The lowest BCUT2D eigenvalue weighted by molar-refractivity contribution is -0.128. The molecule has 0 spiro atoms. The third kappa shape index (κ3) is 4.50. The lowest BCUT2D eigenvalue weighted by Crippen LogP contribution is -2.50. The number of phenols is 5. The quantitative estimate of drug-likeness (QED) is 0.161. The zero-order valence-electron chi connectivity index (χ0n) is 23.6. The number of aliphatic hydroxyl groups excluding tert-OH is 2. The highest BCUT2D eigenvalue weighted by atomic mass is 16.5. The maximum absolute atomic E-state index is 11.6. The standard InChI is InChI=1S/C34H34O9/c1-34-22(6-9-29(43-34)17-4-7-23(36)26(39)10-17)25(38)15-28(41)33(34)21-14-30(18-5-8-24(37)27(40)11-18)42-31-13-19(35)12-20(32(21)31)16-2-3-16/h4-5,7-8,10-13,15-16,21,29-30,33,35-41H,2-3,6,9,14H2,1H3/t21?,29-,30-,33?,34?/m0/s1. The summed E-state index contributed by atoms with van der Waals surface area (Å²) < 4.78 is 13.3. The van der Waals surface area contributed by atoms with Crippen LogP contribution in [0.2, 0.25) is 0 Å². The van der Waals surface area contributed by atoms with Crippen molar-refractivity contribution in [3.8, 4) is 34.5 Å². The van der Waals surface area contributed by atoms with E-state index in [1.807, 2.05) is 6.92 Å². The maximum Gasteiger partial charge on any atom is 0.157 e. The Labute approximate surface area is 248 Å². The summed E-state index contributed by atoms with van der Waals surface area (Å²) in [6.45, 7) is 1.87. The number of rotatable bonds is 4. The normalized spacial score (nSPS) is 28.4. The molecule has 0 bridgehead atoms. The van der Waals surface area contributed by atoms with Gasteiger partial charge in [0, 0.05) is 29.2 Å². The van der Waals surface area contributed by atoms with Gasteiger partial charge in [0.05, 0.1) is 12.0 Å². The van der Waals surface area contributed by atoms with Crippen LogP contribution in [0.25, 0.3) is 0 Å². The van der Waals surface area contributed by atoms with Crippen LogP contribution in [-0.2, 0) is 4.74 Å². The average Bonchev–Trinajstić information content (AvgIpc) is 3.80. The third-order valence-electron chi connectivity index (χ3n) is 9.58. The molecule has 7 rings (SSSR count). The predicted molar refractivity (Wildman–Crippen MR) is 156 cm³/mol. The molecule has 224 valence electrons. The number of phenolic OH excluding ortho intramolecular Hbond substituents is 5. The Morgan fingerprint density at radius 1 is 0.744 bits per heavy atom.